The maximum absolute atomic E-state index is 13.1. The third-order valence-corrected chi connectivity index (χ3v) is 6.50. The van der Waals surface area contributed by atoms with Gasteiger partial charge < -0.3 is 10.6 Å². The summed E-state index contributed by atoms with van der Waals surface area (Å²) in [7, 11) is 0. The minimum Gasteiger partial charge on any atom is -0.350 e. The lowest BCUT2D eigenvalue weighted by atomic mass is 10.1. The van der Waals surface area contributed by atoms with Gasteiger partial charge in [0.05, 0.1) is 10.7 Å². The molecule has 0 bridgehead atoms. The van der Waals surface area contributed by atoms with E-state index in [4.69, 9.17) is 34.8 Å². The van der Waals surface area contributed by atoms with Crippen LogP contribution in [0.1, 0.15) is 10.4 Å². The number of hydrogen-bond donors (Lipinski definition) is 2. The summed E-state index contributed by atoms with van der Waals surface area (Å²) < 4.78 is 0. The minimum atomic E-state index is -0.724. The molecule has 0 fully saturated rings. The van der Waals surface area contributed by atoms with Crippen molar-refractivity contribution in [1.29, 1.82) is 0 Å². The number of hydrogen-bond acceptors (Lipinski definition) is 4. The number of amides is 3. The maximum Gasteiger partial charge on any atom is 0.283 e. The zero-order valence-electron chi connectivity index (χ0n) is 18.4. The van der Waals surface area contributed by atoms with Crippen LogP contribution in [-0.2, 0) is 9.59 Å². The number of fused-ring (bicyclic) bond motifs is 1. The standard InChI is InChI=1S/C27H16Cl3N3O3/c28-17-11-12-22(20(29)14-17)33-26(35)23(30)24(27(33)36)31-18-8-3-7-16(13-18)25(34)32-21-10-4-6-15-5-1-2-9-19(15)21/h1-14,31H,(H,32,34). The quantitative estimate of drug-likeness (QED) is 0.274. The molecule has 5 rings (SSSR count). The van der Waals surface area contributed by atoms with Gasteiger partial charge in [0, 0.05) is 27.3 Å². The van der Waals surface area contributed by atoms with Crippen LogP contribution in [0.15, 0.2) is 95.7 Å². The molecule has 9 heteroatoms. The predicted molar refractivity (Wildman–Crippen MR) is 144 cm³/mol. The van der Waals surface area contributed by atoms with Gasteiger partial charge in [-0.15, -0.1) is 0 Å². The lowest BCUT2D eigenvalue weighted by Gasteiger charge is -2.17. The molecule has 3 amide bonds. The first-order valence-corrected chi connectivity index (χ1v) is 11.9. The molecule has 4 aromatic rings. The Morgan fingerprint density at radius 3 is 2.33 bits per heavy atom. The molecular weight excluding hydrogens is 521 g/mol. The number of nitrogens with one attached hydrogen (secondary N) is 2. The van der Waals surface area contributed by atoms with Crippen molar-refractivity contribution < 1.29 is 14.4 Å². The number of imide groups is 1. The molecule has 1 heterocycles. The molecule has 36 heavy (non-hydrogen) atoms. The van der Waals surface area contributed by atoms with E-state index in [1.165, 1.54) is 18.2 Å². The van der Waals surface area contributed by atoms with Gasteiger partial charge in [-0.2, -0.15) is 0 Å². The van der Waals surface area contributed by atoms with Crippen LogP contribution in [0.5, 0.6) is 0 Å². The first-order chi connectivity index (χ1) is 17.3. The van der Waals surface area contributed by atoms with Gasteiger partial charge >= 0.3 is 0 Å². The van der Waals surface area contributed by atoms with Gasteiger partial charge in [0.1, 0.15) is 10.7 Å². The van der Waals surface area contributed by atoms with E-state index < -0.39 is 11.8 Å². The first kappa shape index (κ1) is 23.9. The van der Waals surface area contributed by atoms with Crippen LogP contribution in [0, 0.1) is 0 Å². The van der Waals surface area contributed by atoms with Gasteiger partial charge in [-0.25, -0.2) is 4.90 Å². The zero-order chi connectivity index (χ0) is 25.4. The van der Waals surface area contributed by atoms with E-state index in [9.17, 15) is 14.4 Å². The van der Waals surface area contributed by atoms with Crippen molar-refractivity contribution in [1.82, 2.24) is 0 Å². The van der Waals surface area contributed by atoms with E-state index in [0.717, 1.165) is 15.7 Å². The number of nitrogens with zero attached hydrogens (tertiary/aromatic N) is 1. The molecule has 0 unspecified atom stereocenters. The molecule has 1 aliphatic heterocycles. The maximum atomic E-state index is 13.1. The second kappa shape index (κ2) is 9.66. The van der Waals surface area contributed by atoms with Crippen molar-refractivity contribution >= 4 is 80.4 Å². The van der Waals surface area contributed by atoms with Crippen molar-refractivity contribution in [3.05, 3.63) is 111 Å². The third kappa shape index (κ3) is 4.42. The molecule has 0 aliphatic carbocycles. The largest absolute Gasteiger partial charge is 0.350 e. The lowest BCUT2D eigenvalue weighted by Crippen LogP contribution is -2.32. The van der Waals surface area contributed by atoms with E-state index >= 15 is 0 Å². The Bertz CT molecular complexity index is 1590. The molecule has 1 aliphatic rings. The second-order valence-corrected chi connectivity index (χ2v) is 9.14. The summed E-state index contributed by atoms with van der Waals surface area (Å²) in [6.07, 6.45) is 0. The van der Waals surface area contributed by atoms with Crippen molar-refractivity contribution in [2.45, 2.75) is 0 Å². The van der Waals surface area contributed by atoms with E-state index in [1.807, 2.05) is 42.5 Å². The highest BCUT2D eigenvalue weighted by Crippen LogP contribution is 2.35. The normalized spacial score (nSPS) is 13.5. The highest BCUT2D eigenvalue weighted by atomic mass is 35.5. The molecule has 0 saturated carbocycles. The van der Waals surface area contributed by atoms with Gasteiger partial charge in [-0.3, -0.25) is 14.4 Å². The van der Waals surface area contributed by atoms with Crippen LogP contribution in [0.4, 0.5) is 17.1 Å². The fourth-order valence-electron chi connectivity index (χ4n) is 3.90. The Hall–Kier alpha value is -3.84. The van der Waals surface area contributed by atoms with E-state index in [2.05, 4.69) is 10.6 Å². The molecule has 2 N–H and O–H groups in total. The Labute approximate surface area is 221 Å². The minimum absolute atomic E-state index is 0.126. The van der Waals surface area contributed by atoms with Crippen LogP contribution in [0.2, 0.25) is 10.0 Å². The van der Waals surface area contributed by atoms with E-state index in [1.54, 1.807) is 24.3 Å². The molecule has 0 saturated heterocycles. The van der Waals surface area contributed by atoms with Crippen LogP contribution in [-0.4, -0.2) is 17.7 Å². The second-order valence-electron chi connectivity index (χ2n) is 7.92. The van der Waals surface area contributed by atoms with Gasteiger partial charge in [0.2, 0.25) is 0 Å². The molecule has 0 atom stereocenters. The number of halogens is 3. The third-order valence-electron chi connectivity index (χ3n) is 5.61. The highest BCUT2D eigenvalue weighted by Gasteiger charge is 2.39. The monoisotopic (exact) mass is 535 g/mol. The van der Waals surface area contributed by atoms with Crippen molar-refractivity contribution in [3.8, 4) is 0 Å². The topological polar surface area (TPSA) is 78.5 Å². The predicted octanol–water partition coefficient (Wildman–Crippen LogP) is 6.83. The summed E-state index contributed by atoms with van der Waals surface area (Å²) in [5.41, 5.74) is 1.46. The van der Waals surface area contributed by atoms with Crippen molar-refractivity contribution in [3.63, 3.8) is 0 Å². The Balaban J connectivity index is 1.38. The van der Waals surface area contributed by atoms with Crippen LogP contribution in [0.25, 0.3) is 10.8 Å². The van der Waals surface area contributed by atoms with Gasteiger partial charge in [0.15, 0.2) is 0 Å². The van der Waals surface area contributed by atoms with E-state index in [0.29, 0.717) is 22.0 Å². The Morgan fingerprint density at radius 1 is 0.778 bits per heavy atom. The number of benzene rings is 4. The number of carbonyl (C=O) groups is 3. The molecule has 0 aromatic heterocycles. The number of rotatable bonds is 5. The van der Waals surface area contributed by atoms with Gasteiger partial charge in [-0.05, 0) is 47.9 Å². The summed E-state index contributed by atoms with van der Waals surface area (Å²) in [6.45, 7) is 0. The lowest BCUT2D eigenvalue weighted by molar-refractivity contribution is -0.120. The number of carbonyl (C=O) groups excluding carboxylic acids is 3. The van der Waals surface area contributed by atoms with Crippen LogP contribution in [0.3, 0.4) is 0 Å². The Kier molecular flexibility index (Phi) is 6.41. The summed E-state index contributed by atoms with van der Waals surface area (Å²) in [5, 5.41) is 7.91. The molecule has 4 aromatic carbocycles. The summed E-state index contributed by atoms with van der Waals surface area (Å²) in [6, 6.07) is 24.3. The molecule has 0 spiro atoms. The SMILES string of the molecule is O=C(Nc1cccc2ccccc12)c1cccc(NC2=C(Cl)C(=O)N(c3ccc(Cl)cc3Cl)C2=O)c1. The zero-order valence-corrected chi connectivity index (χ0v) is 20.7. The smallest absolute Gasteiger partial charge is 0.283 e. The van der Waals surface area contributed by atoms with Crippen molar-refractivity contribution in [2.24, 2.45) is 0 Å². The molecule has 178 valence electrons. The van der Waals surface area contributed by atoms with E-state index in [-0.39, 0.29) is 27.3 Å². The van der Waals surface area contributed by atoms with Gasteiger partial charge in [-0.1, -0.05) is 77.3 Å². The fraction of sp³-hybridized carbons (Fsp3) is 0. The summed E-state index contributed by atoms with van der Waals surface area (Å²) in [4.78, 5) is 39.7. The Morgan fingerprint density at radius 2 is 1.53 bits per heavy atom. The van der Waals surface area contributed by atoms with Gasteiger partial charge in [0.25, 0.3) is 17.7 Å². The van der Waals surface area contributed by atoms with Crippen LogP contribution >= 0.6 is 34.8 Å². The number of anilines is 3. The summed E-state index contributed by atoms with van der Waals surface area (Å²) in [5.74, 6) is -1.74. The van der Waals surface area contributed by atoms with Crippen LogP contribution < -0.4 is 15.5 Å². The molecular formula is C27H16Cl3N3O3. The van der Waals surface area contributed by atoms with Crippen molar-refractivity contribution in [2.75, 3.05) is 15.5 Å². The average molecular weight is 537 g/mol. The first-order valence-electron chi connectivity index (χ1n) is 10.7. The fourth-order valence-corrected chi connectivity index (χ4v) is 4.61. The molecule has 6 nitrogen and oxygen atoms in total. The molecule has 0 radical (unpaired) electrons. The average Bonchev–Trinajstić information content (AvgIpc) is 3.08. The highest BCUT2D eigenvalue weighted by molar-refractivity contribution is 6.54. The summed E-state index contributed by atoms with van der Waals surface area (Å²) >= 11 is 18.3.